The molecule has 31 heavy (non-hydrogen) atoms. The molecule has 160 valence electrons. The Bertz CT molecular complexity index is 1100. The van der Waals surface area contributed by atoms with Gasteiger partial charge in [-0.05, 0) is 51.0 Å². The molecular weight excluding hydrogens is 394 g/mol. The predicted molar refractivity (Wildman–Crippen MR) is 114 cm³/mol. The van der Waals surface area contributed by atoms with Gasteiger partial charge in [0.05, 0.1) is 11.8 Å². The molecule has 5 rings (SSSR count). The smallest absolute Gasteiger partial charge is 0.250 e. The van der Waals surface area contributed by atoms with Gasteiger partial charge in [0.25, 0.3) is 0 Å². The van der Waals surface area contributed by atoms with Crippen LogP contribution in [0, 0.1) is 11.8 Å². The van der Waals surface area contributed by atoms with Crippen molar-refractivity contribution in [2.24, 2.45) is 11.8 Å². The van der Waals surface area contributed by atoms with Crippen LogP contribution in [-0.4, -0.2) is 39.3 Å². The van der Waals surface area contributed by atoms with Crippen LogP contribution in [0.25, 0.3) is 0 Å². The lowest BCUT2D eigenvalue weighted by Gasteiger charge is -2.34. The molecule has 3 aliphatic rings. The molecule has 3 N–H and O–H groups in total. The van der Waals surface area contributed by atoms with Crippen LogP contribution in [0.4, 0.5) is 5.69 Å². The van der Waals surface area contributed by atoms with Crippen LogP contribution in [0.5, 0.6) is 5.75 Å². The number of fused-ring (bicyclic) bond motifs is 4. The predicted octanol–water partition coefficient (Wildman–Crippen LogP) is 2.15. The number of aromatic hydroxyl groups is 1. The van der Waals surface area contributed by atoms with Gasteiger partial charge in [-0.25, -0.2) is 0 Å². The SMILES string of the molecule is CC(C)(C)N1C(=O)[C@@H]2[C@H](Cc3ccc(O)cc3)N[C@]3(C(=O)Nc4ccccc43)[C@@H]2C1=O. The highest BCUT2D eigenvalue weighted by atomic mass is 16.3. The van der Waals surface area contributed by atoms with Gasteiger partial charge in [0.1, 0.15) is 11.3 Å². The first-order valence-electron chi connectivity index (χ1n) is 10.5. The van der Waals surface area contributed by atoms with Crippen molar-refractivity contribution < 1.29 is 19.5 Å². The second-order valence-corrected chi connectivity index (χ2v) is 9.62. The molecule has 3 aliphatic heterocycles. The molecule has 0 saturated carbocycles. The fraction of sp³-hybridized carbons (Fsp3) is 0.375. The van der Waals surface area contributed by atoms with Gasteiger partial charge < -0.3 is 10.4 Å². The number of imide groups is 1. The molecule has 7 heteroatoms. The van der Waals surface area contributed by atoms with E-state index in [1.807, 2.05) is 45.0 Å². The normalized spacial score (nSPS) is 29.5. The highest BCUT2D eigenvalue weighted by Gasteiger charge is 2.71. The summed E-state index contributed by atoms with van der Waals surface area (Å²) >= 11 is 0. The van der Waals surface area contributed by atoms with E-state index in [1.165, 1.54) is 4.90 Å². The number of hydrogen-bond acceptors (Lipinski definition) is 5. The number of likely N-dealkylation sites (tertiary alicyclic amines) is 1. The highest BCUT2D eigenvalue weighted by molar-refractivity contribution is 6.15. The number of amides is 3. The number of anilines is 1. The Balaban J connectivity index is 1.64. The number of nitrogens with one attached hydrogen (secondary N) is 2. The number of phenols is 1. The zero-order valence-electron chi connectivity index (χ0n) is 17.7. The summed E-state index contributed by atoms with van der Waals surface area (Å²) in [7, 11) is 0. The summed E-state index contributed by atoms with van der Waals surface area (Å²) in [6, 6.07) is 13.7. The van der Waals surface area contributed by atoms with Crippen molar-refractivity contribution in [2.75, 3.05) is 5.32 Å². The summed E-state index contributed by atoms with van der Waals surface area (Å²) in [6.45, 7) is 5.50. The zero-order chi connectivity index (χ0) is 22.1. The topological polar surface area (TPSA) is 98.7 Å². The van der Waals surface area contributed by atoms with Crippen molar-refractivity contribution in [3.63, 3.8) is 0 Å². The molecule has 2 fully saturated rings. The molecule has 0 aliphatic carbocycles. The second-order valence-electron chi connectivity index (χ2n) is 9.62. The Hall–Kier alpha value is -3.19. The Morgan fingerprint density at radius 1 is 1.00 bits per heavy atom. The van der Waals surface area contributed by atoms with Gasteiger partial charge in [0, 0.05) is 22.8 Å². The minimum atomic E-state index is -1.28. The van der Waals surface area contributed by atoms with Crippen molar-refractivity contribution in [3.05, 3.63) is 59.7 Å². The Labute approximate surface area is 180 Å². The van der Waals surface area contributed by atoms with Crippen molar-refractivity contribution in [3.8, 4) is 5.75 Å². The standard InChI is InChI=1S/C24H25N3O4/c1-23(2,3)27-20(29)18-17(12-13-8-10-14(28)11-9-13)26-24(19(18)21(27)30)15-6-4-5-7-16(15)25-22(24)31/h4-11,17-19,26,28H,12H2,1-3H3,(H,25,31)/t17-,18+,19-,24-/m0/s1. The van der Waals surface area contributed by atoms with E-state index in [0.717, 1.165) is 5.56 Å². The van der Waals surface area contributed by atoms with Crippen LogP contribution in [0.3, 0.4) is 0 Å². The monoisotopic (exact) mass is 419 g/mol. The molecule has 3 heterocycles. The summed E-state index contributed by atoms with van der Waals surface area (Å²) in [5.41, 5.74) is 0.318. The fourth-order valence-electron chi connectivity index (χ4n) is 5.48. The fourth-order valence-corrected chi connectivity index (χ4v) is 5.48. The van der Waals surface area contributed by atoms with Crippen molar-refractivity contribution in [2.45, 2.75) is 44.3 Å². The van der Waals surface area contributed by atoms with Gasteiger partial charge in [-0.3, -0.25) is 24.6 Å². The van der Waals surface area contributed by atoms with E-state index in [-0.39, 0.29) is 23.5 Å². The largest absolute Gasteiger partial charge is 0.508 e. The minimum absolute atomic E-state index is 0.160. The number of para-hydroxylation sites is 1. The third-order valence-corrected chi connectivity index (χ3v) is 6.69. The summed E-state index contributed by atoms with van der Waals surface area (Å²) in [5, 5.41) is 15.9. The molecule has 0 aromatic heterocycles. The number of hydrogen-bond donors (Lipinski definition) is 3. The molecule has 2 aromatic carbocycles. The van der Waals surface area contributed by atoms with Crippen LogP contribution < -0.4 is 10.6 Å². The molecule has 0 radical (unpaired) electrons. The van der Waals surface area contributed by atoms with Crippen molar-refractivity contribution in [1.29, 1.82) is 0 Å². The number of rotatable bonds is 2. The van der Waals surface area contributed by atoms with E-state index < -0.39 is 29.0 Å². The van der Waals surface area contributed by atoms with Gasteiger partial charge >= 0.3 is 0 Å². The van der Waals surface area contributed by atoms with Crippen molar-refractivity contribution >= 4 is 23.4 Å². The molecular formula is C24H25N3O4. The van der Waals surface area contributed by atoms with Crippen LogP contribution in [-0.2, 0) is 26.3 Å². The quantitative estimate of drug-likeness (QED) is 0.648. The highest BCUT2D eigenvalue weighted by Crippen LogP contribution is 2.54. The first kappa shape index (κ1) is 19.8. The summed E-state index contributed by atoms with van der Waals surface area (Å²) < 4.78 is 0. The molecule has 2 saturated heterocycles. The average Bonchev–Trinajstić information content (AvgIpc) is 3.28. The Morgan fingerprint density at radius 3 is 2.35 bits per heavy atom. The van der Waals surface area contributed by atoms with E-state index in [9.17, 15) is 19.5 Å². The average molecular weight is 419 g/mol. The first-order chi connectivity index (χ1) is 14.6. The van der Waals surface area contributed by atoms with Gasteiger partial charge in [-0.2, -0.15) is 0 Å². The lowest BCUT2D eigenvalue weighted by atomic mass is 9.76. The lowest BCUT2D eigenvalue weighted by Crippen LogP contribution is -2.56. The summed E-state index contributed by atoms with van der Waals surface area (Å²) in [4.78, 5) is 41.9. The molecule has 7 nitrogen and oxygen atoms in total. The van der Waals surface area contributed by atoms with E-state index in [4.69, 9.17) is 0 Å². The zero-order valence-corrected chi connectivity index (χ0v) is 17.7. The van der Waals surface area contributed by atoms with E-state index in [2.05, 4.69) is 10.6 Å². The lowest BCUT2D eigenvalue weighted by molar-refractivity contribution is -0.147. The third kappa shape index (κ3) is 2.66. The molecule has 4 atom stereocenters. The number of nitrogens with zero attached hydrogens (tertiary/aromatic N) is 1. The Kier molecular flexibility index (Phi) is 4.08. The van der Waals surface area contributed by atoms with Gasteiger partial charge in [0.2, 0.25) is 17.7 Å². The number of carbonyl (C=O) groups excluding carboxylic acids is 3. The maximum atomic E-state index is 13.7. The van der Waals surface area contributed by atoms with Gasteiger partial charge in [-0.1, -0.05) is 30.3 Å². The Morgan fingerprint density at radius 2 is 1.68 bits per heavy atom. The maximum Gasteiger partial charge on any atom is 0.250 e. The number of phenolic OH excluding ortho intramolecular Hbond substituents is 1. The number of carbonyl (C=O) groups is 3. The van der Waals surface area contributed by atoms with E-state index >= 15 is 0 Å². The third-order valence-electron chi connectivity index (χ3n) is 6.69. The van der Waals surface area contributed by atoms with Crippen molar-refractivity contribution in [1.82, 2.24) is 10.2 Å². The first-order valence-corrected chi connectivity index (χ1v) is 10.5. The van der Waals surface area contributed by atoms with E-state index in [1.54, 1.807) is 24.3 Å². The molecule has 0 bridgehead atoms. The summed E-state index contributed by atoms with van der Waals surface area (Å²) in [6.07, 6.45) is 0.454. The number of benzene rings is 2. The molecule has 0 unspecified atom stereocenters. The minimum Gasteiger partial charge on any atom is -0.508 e. The van der Waals surface area contributed by atoms with Gasteiger partial charge in [0.15, 0.2) is 0 Å². The van der Waals surface area contributed by atoms with E-state index in [0.29, 0.717) is 17.7 Å². The summed E-state index contributed by atoms with van der Waals surface area (Å²) in [5.74, 6) is -2.16. The van der Waals surface area contributed by atoms with Gasteiger partial charge in [-0.15, -0.1) is 0 Å². The molecule has 1 spiro atoms. The van der Waals surface area contributed by atoms with Crippen LogP contribution in [0.2, 0.25) is 0 Å². The second kappa shape index (κ2) is 6.40. The molecule has 2 aromatic rings. The van der Waals surface area contributed by atoms with Crippen LogP contribution >= 0.6 is 0 Å². The van der Waals surface area contributed by atoms with Crippen LogP contribution in [0.15, 0.2) is 48.5 Å². The van der Waals surface area contributed by atoms with Crippen LogP contribution in [0.1, 0.15) is 31.9 Å². The molecule has 3 amide bonds. The maximum absolute atomic E-state index is 13.7.